The van der Waals surface area contributed by atoms with Crippen LogP contribution in [0.1, 0.15) is 18.4 Å². The van der Waals surface area contributed by atoms with Crippen LogP contribution in [0.3, 0.4) is 0 Å². The first-order chi connectivity index (χ1) is 9.28. The molecule has 0 bridgehead atoms. The van der Waals surface area contributed by atoms with Crippen molar-refractivity contribution in [2.45, 2.75) is 19.9 Å². The molecule has 0 spiro atoms. The highest BCUT2D eigenvalue weighted by Gasteiger charge is 2.09. The first-order valence-electron chi connectivity index (χ1n) is 6.43. The van der Waals surface area contributed by atoms with Gasteiger partial charge in [0, 0.05) is 6.42 Å². The van der Waals surface area contributed by atoms with Gasteiger partial charge in [0.05, 0.1) is 23.3 Å². The maximum absolute atomic E-state index is 5.73. The second-order valence-electron chi connectivity index (χ2n) is 4.51. The van der Waals surface area contributed by atoms with Crippen LogP contribution >= 0.6 is 0 Å². The van der Waals surface area contributed by atoms with Crippen molar-refractivity contribution in [3.05, 3.63) is 54.0 Å². The van der Waals surface area contributed by atoms with Crippen LogP contribution in [0, 0.1) is 0 Å². The first-order valence-corrected chi connectivity index (χ1v) is 6.43. The quantitative estimate of drug-likeness (QED) is 0.779. The lowest BCUT2D eigenvalue weighted by Crippen LogP contribution is -2.06. The highest BCUT2D eigenvalue weighted by molar-refractivity contribution is 5.76. The largest absolute Gasteiger partial charge is 0.384 e. The number of nitrogens with zero attached hydrogens (tertiary/aromatic N) is 3. The molecule has 1 aromatic carbocycles. The first kappa shape index (κ1) is 11.7. The van der Waals surface area contributed by atoms with Crippen molar-refractivity contribution in [2.75, 3.05) is 5.73 Å². The predicted molar refractivity (Wildman–Crippen MR) is 76.9 cm³/mol. The number of hydrogen-bond donors (Lipinski definition) is 1. The second kappa shape index (κ2) is 4.72. The molecule has 0 saturated heterocycles. The number of imidazole rings is 1. The Hall–Kier alpha value is -2.36. The van der Waals surface area contributed by atoms with Crippen molar-refractivity contribution in [2.24, 2.45) is 0 Å². The molecule has 0 fully saturated rings. The van der Waals surface area contributed by atoms with Crippen molar-refractivity contribution < 1.29 is 0 Å². The normalized spacial score (nSPS) is 11.0. The van der Waals surface area contributed by atoms with E-state index >= 15 is 0 Å². The number of rotatable bonds is 3. The number of hydrogen-bond acceptors (Lipinski definition) is 3. The van der Waals surface area contributed by atoms with E-state index in [-0.39, 0.29) is 0 Å². The van der Waals surface area contributed by atoms with Gasteiger partial charge < -0.3 is 10.3 Å². The molecule has 3 aromatic rings. The fourth-order valence-electron chi connectivity index (χ4n) is 2.32. The summed E-state index contributed by atoms with van der Waals surface area (Å²) in [6.45, 7) is 2.82. The van der Waals surface area contributed by atoms with Gasteiger partial charge in [-0.3, -0.25) is 0 Å². The molecule has 0 aliphatic heterocycles. The molecule has 0 radical (unpaired) electrons. The van der Waals surface area contributed by atoms with Crippen LogP contribution in [0.5, 0.6) is 0 Å². The number of aromatic nitrogens is 3. The van der Waals surface area contributed by atoms with Crippen LogP contribution < -0.4 is 5.73 Å². The third-order valence-corrected chi connectivity index (χ3v) is 3.20. The smallest absolute Gasteiger partial charge is 0.123 e. The molecule has 4 heteroatoms. The second-order valence-corrected chi connectivity index (χ2v) is 4.51. The molecule has 0 atom stereocenters. The van der Waals surface area contributed by atoms with Crippen molar-refractivity contribution in [1.82, 2.24) is 14.5 Å². The van der Waals surface area contributed by atoms with Gasteiger partial charge in [-0.2, -0.15) is 0 Å². The van der Waals surface area contributed by atoms with Gasteiger partial charge in [-0.25, -0.2) is 9.97 Å². The van der Waals surface area contributed by atoms with Crippen LogP contribution in [0.2, 0.25) is 0 Å². The number of fused-ring (bicyclic) bond motifs is 1. The van der Waals surface area contributed by atoms with E-state index in [1.165, 1.54) is 0 Å². The Balaban J connectivity index is 2.08. The summed E-state index contributed by atoms with van der Waals surface area (Å²) in [7, 11) is 0. The molecule has 0 amide bonds. The van der Waals surface area contributed by atoms with Crippen molar-refractivity contribution >= 4 is 16.9 Å². The molecule has 0 saturated carbocycles. The summed E-state index contributed by atoms with van der Waals surface area (Å²) in [6.07, 6.45) is 0.900. The third-order valence-electron chi connectivity index (χ3n) is 3.20. The molecule has 2 heterocycles. The molecule has 96 valence electrons. The minimum Gasteiger partial charge on any atom is -0.384 e. The molecule has 3 rings (SSSR count). The zero-order valence-corrected chi connectivity index (χ0v) is 10.9. The van der Waals surface area contributed by atoms with Crippen LogP contribution in [0.25, 0.3) is 11.0 Å². The summed E-state index contributed by atoms with van der Waals surface area (Å²) in [4.78, 5) is 9.01. The van der Waals surface area contributed by atoms with Gasteiger partial charge in [0.2, 0.25) is 0 Å². The fourth-order valence-corrected chi connectivity index (χ4v) is 2.32. The number of para-hydroxylation sites is 2. The lowest BCUT2D eigenvalue weighted by atomic mass is 10.3. The van der Waals surface area contributed by atoms with Crippen LogP contribution in [0.15, 0.2) is 42.5 Å². The summed E-state index contributed by atoms with van der Waals surface area (Å²) in [5.41, 5.74) is 8.86. The number of benzene rings is 1. The Morgan fingerprint density at radius 2 is 1.89 bits per heavy atom. The Morgan fingerprint density at radius 3 is 2.68 bits per heavy atom. The van der Waals surface area contributed by atoms with Crippen molar-refractivity contribution in [1.29, 1.82) is 0 Å². The van der Waals surface area contributed by atoms with E-state index < -0.39 is 0 Å². The Kier molecular flexibility index (Phi) is 2.91. The zero-order chi connectivity index (χ0) is 13.2. The van der Waals surface area contributed by atoms with E-state index in [9.17, 15) is 0 Å². The summed E-state index contributed by atoms with van der Waals surface area (Å²) >= 11 is 0. The summed E-state index contributed by atoms with van der Waals surface area (Å²) in [5.74, 6) is 1.63. The molecule has 2 N–H and O–H groups in total. The number of nitrogen functional groups attached to an aromatic ring is 1. The SMILES string of the molecule is CCc1nc2ccccc2n1Cc1cccc(N)n1. The molecular weight excluding hydrogens is 236 g/mol. The number of pyridine rings is 1. The monoisotopic (exact) mass is 252 g/mol. The third kappa shape index (κ3) is 2.17. The molecule has 0 aliphatic carbocycles. The van der Waals surface area contributed by atoms with Crippen molar-refractivity contribution in [3.63, 3.8) is 0 Å². The Bertz CT molecular complexity index is 715. The average molecular weight is 252 g/mol. The minimum atomic E-state index is 0.556. The van der Waals surface area contributed by atoms with Gasteiger partial charge in [0.1, 0.15) is 11.6 Å². The van der Waals surface area contributed by atoms with Gasteiger partial charge >= 0.3 is 0 Å². The predicted octanol–water partition coefficient (Wildman–Crippen LogP) is 2.62. The Labute approximate surface area is 111 Å². The van der Waals surface area contributed by atoms with Gasteiger partial charge in [-0.05, 0) is 24.3 Å². The highest BCUT2D eigenvalue weighted by atomic mass is 15.1. The molecule has 2 aromatic heterocycles. The maximum Gasteiger partial charge on any atom is 0.123 e. The summed E-state index contributed by atoms with van der Waals surface area (Å²) < 4.78 is 2.21. The molecule has 0 aliphatic rings. The lowest BCUT2D eigenvalue weighted by molar-refractivity contribution is 0.737. The van der Waals surface area contributed by atoms with Gasteiger partial charge in [-0.1, -0.05) is 25.1 Å². The zero-order valence-electron chi connectivity index (χ0n) is 10.9. The van der Waals surface area contributed by atoms with Crippen LogP contribution in [0.4, 0.5) is 5.82 Å². The van der Waals surface area contributed by atoms with E-state index in [1.807, 2.05) is 30.3 Å². The molecule has 19 heavy (non-hydrogen) atoms. The van der Waals surface area contributed by atoms with E-state index in [0.717, 1.165) is 29.0 Å². The number of anilines is 1. The maximum atomic E-state index is 5.73. The highest BCUT2D eigenvalue weighted by Crippen LogP contribution is 2.18. The minimum absolute atomic E-state index is 0.556. The number of nitrogens with two attached hydrogens (primary N) is 1. The van der Waals surface area contributed by atoms with Gasteiger partial charge in [-0.15, -0.1) is 0 Å². The van der Waals surface area contributed by atoms with E-state index in [2.05, 4.69) is 27.5 Å². The molecule has 4 nitrogen and oxygen atoms in total. The van der Waals surface area contributed by atoms with Gasteiger partial charge in [0.15, 0.2) is 0 Å². The fraction of sp³-hybridized carbons (Fsp3) is 0.200. The summed E-state index contributed by atoms with van der Waals surface area (Å²) in [6, 6.07) is 13.9. The Morgan fingerprint density at radius 1 is 1.05 bits per heavy atom. The van der Waals surface area contributed by atoms with Crippen LogP contribution in [-0.4, -0.2) is 14.5 Å². The van der Waals surface area contributed by atoms with Gasteiger partial charge in [0.25, 0.3) is 0 Å². The number of aryl methyl sites for hydroxylation is 1. The lowest BCUT2D eigenvalue weighted by Gasteiger charge is -2.08. The standard InChI is InChI=1S/C15H16N4/c1-2-15-18-12-7-3-4-8-13(12)19(15)10-11-6-5-9-14(16)17-11/h3-9H,2,10H2,1H3,(H2,16,17). The van der Waals surface area contributed by atoms with E-state index in [0.29, 0.717) is 12.4 Å². The average Bonchev–Trinajstić information content (AvgIpc) is 2.77. The van der Waals surface area contributed by atoms with E-state index in [4.69, 9.17) is 5.73 Å². The van der Waals surface area contributed by atoms with Crippen molar-refractivity contribution in [3.8, 4) is 0 Å². The van der Waals surface area contributed by atoms with E-state index in [1.54, 1.807) is 6.07 Å². The summed E-state index contributed by atoms with van der Waals surface area (Å²) in [5, 5.41) is 0. The van der Waals surface area contributed by atoms with Crippen LogP contribution in [-0.2, 0) is 13.0 Å². The molecular formula is C15H16N4. The topological polar surface area (TPSA) is 56.7 Å². The molecule has 0 unspecified atom stereocenters.